The quantitative estimate of drug-likeness (QED) is 0.526. The van der Waals surface area contributed by atoms with Crippen LogP contribution < -0.4 is 5.32 Å². The molecule has 2 aliphatic carbocycles. The molecule has 0 amide bonds. The molecule has 0 unspecified atom stereocenters. The Morgan fingerprint density at radius 3 is 2.68 bits per heavy atom. The van der Waals surface area contributed by atoms with Gasteiger partial charge in [-0.2, -0.15) is 0 Å². The molecule has 0 saturated heterocycles. The van der Waals surface area contributed by atoms with Gasteiger partial charge in [0.1, 0.15) is 0 Å². The normalized spacial score (nSPS) is 22.6. The average molecular weight is 347 g/mol. The van der Waals surface area contributed by atoms with Crippen molar-refractivity contribution in [1.82, 2.24) is 10.2 Å². The Hall–Kier alpha value is -1.99. The lowest BCUT2D eigenvalue weighted by atomic mass is 9.85. The Balaban J connectivity index is 1.46. The summed E-state index contributed by atoms with van der Waals surface area (Å²) in [4.78, 5) is 23.6. The second-order valence-electron chi connectivity index (χ2n) is 7.34. The van der Waals surface area contributed by atoms with Crippen molar-refractivity contribution in [3.05, 3.63) is 39.4 Å². The van der Waals surface area contributed by atoms with Gasteiger partial charge < -0.3 is 10.4 Å². The number of aliphatic carboxylic acids is 1. The van der Waals surface area contributed by atoms with Crippen LogP contribution in [-0.2, 0) is 11.3 Å². The molecule has 0 bridgehead atoms. The van der Waals surface area contributed by atoms with E-state index in [1.54, 1.807) is 12.1 Å². The molecule has 2 N–H and O–H groups in total. The molecular weight excluding hydrogens is 322 g/mol. The standard InChI is InChI=1S/C18H25N3O4/c1-12-6-16(21(24)25)5-4-14(12)9-19-15-7-17(8-15)20(11-18(22)23)10-13-2-3-13/h4-6,13,15,17,19H,2-3,7-11H2,1H3,(H,22,23). The minimum Gasteiger partial charge on any atom is -0.480 e. The smallest absolute Gasteiger partial charge is 0.317 e. The fraction of sp³-hybridized carbons (Fsp3) is 0.611. The van der Waals surface area contributed by atoms with Gasteiger partial charge in [-0.15, -0.1) is 0 Å². The SMILES string of the molecule is Cc1cc([N+](=O)[O-])ccc1CNC1CC(N(CC(=O)O)CC2CC2)C1. The molecule has 0 radical (unpaired) electrons. The van der Waals surface area contributed by atoms with Gasteiger partial charge in [-0.25, -0.2) is 0 Å². The third-order valence-corrected chi connectivity index (χ3v) is 5.28. The van der Waals surface area contributed by atoms with Crippen molar-refractivity contribution in [1.29, 1.82) is 0 Å². The number of nitro benzene ring substituents is 1. The highest BCUT2D eigenvalue weighted by atomic mass is 16.6. The van der Waals surface area contributed by atoms with E-state index in [9.17, 15) is 14.9 Å². The summed E-state index contributed by atoms with van der Waals surface area (Å²) < 4.78 is 0. The lowest BCUT2D eigenvalue weighted by Gasteiger charge is -2.43. The first-order chi connectivity index (χ1) is 11.9. The molecule has 1 aromatic carbocycles. The van der Waals surface area contributed by atoms with E-state index in [4.69, 9.17) is 5.11 Å². The van der Waals surface area contributed by atoms with E-state index in [0.717, 1.165) is 30.5 Å². The van der Waals surface area contributed by atoms with Crippen LogP contribution in [-0.4, -0.2) is 46.1 Å². The molecule has 0 atom stereocenters. The number of non-ortho nitro benzene ring substituents is 1. The van der Waals surface area contributed by atoms with Crippen molar-refractivity contribution in [3.63, 3.8) is 0 Å². The summed E-state index contributed by atoms with van der Waals surface area (Å²) in [5.41, 5.74) is 2.10. The molecule has 0 spiro atoms. The number of carboxylic acids is 1. The highest BCUT2D eigenvalue weighted by Crippen LogP contribution is 2.33. The molecule has 25 heavy (non-hydrogen) atoms. The van der Waals surface area contributed by atoms with E-state index in [0.29, 0.717) is 24.5 Å². The molecule has 0 heterocycles. The van der Waals surface area contributed by atoms with Gasteiger partial charge in [0.05, 0.1) is 11.5 Å². The predicted octanol–water partition coefficient (Wildman–Crippen LogP) is 2.32. The van der Waals surface area contributed by atoms with Crippen molar-refractivity contribution < 1.29 is 14.8 Å². The second kappa shape index (κ2) is 7.49. The van der Waals surface area contributed by atoms with Gasteiger partial charge in [0.25, 0.3) is 5.69 Å². The first kappa shape index (κ1) is 17.8. The number of nitrogens with one attached hydrogen (secondary N) is 1. The van der Waals surface area contributed by atoms with Gasteiger partial charge in [-0.05, 0) is 49.7 Å². The molecule has 0 aliphatic heterocycles. The predicted molar refractivity (Wildman–Crippen MR) is 93.4 cm³/mol. The van der Waals surface area contributed by atoms with Crippen LogP contribution in [0.1, 0.15) is 36.8 Å². The Morgan fingerprint density at radius 2 is 2.12 bits per heavy atom. The van der Waals surface area contributed by atoms with Gasteiger partial charge >= 0.3 is 5.97 Å². The number of carboxylic acid groups (broad SMARTS) is 1. The van der Waals surface area contributed by atoms with Crippen LogP contribution in [0.15, 0.2) is 18.2 Å². The van der Waals surface area contributed by atoms with E-state index < -0.39 is 5.97 Å². The van der Waals surface area contributed by atoms with Crippen LogP contribution in [0.2, 0.25) is 0 Å². The lowest BCUT2D eigenvalue weighted by molar-refractivity contribution is -0.384. The van der Waals surface area contributed by atoms with Crippen molar-refractivity contribution in [2.75, 3.05) is 13.1 Å². The maximum atomic E-state index is 11.1. The Bertz CT molecular complexity index is 654. The third kappa shape index (κ3) is 4.76. The van der Waals surface area contributed by atoms with Crippen molar-refractivity contribution in [3.8, 4) is 0 Å². The maximum absolute atomic E-state index is 11.1. The summed E-state index contributed by atoms with van der Waals surface area (Å²) in [7, 11) is 0. The number of aryl methyl sites for hydroxylation is 1. The molecule has 0 aromatic heterocycles. The number of hydrogen-bond acceptors (Lipinski definition) is 5. The molecule has 2 aliphatic rings. The summed E-state index contributed by atoms with van der Waals surface area (Å²) in [6, 6.07) is 5.69. The fourth-order valence-electron chi connectivity index (χ4n) is 3.45. The van der Waals surface area contributed by atoms with Gasteiger partial charge in [0.2, 0.25) is 0 Å². The third-order valence-electron chi connectivity index (χ3n) is 5.28. The topological polar surface area (TPSA) is 95.7 Å². The van der Waals surface area contributed by atoms with Crippen molar-refractivity contribution in [2.45, 2.75) is 51.2 Å². The average Bonchev–Trinajstić information content (AvgIpc) is 3.30. The van der Waals surface area contributed by atoms with Crippen molar-refractivity contribution >= 4 is 11.7 Å². The van der Waals surface area contributed by atoms with E-state index in [1.807, 2.05) is 6.92 Å². The van der Waals surface area contributed by atoms with Crippen LogP contribution in [0.5, 0.6) is 0 Å². The lowest BCUT2D eigenvalue weighted by Crippen LogP contribution is -2.54. The van der Waals surface area contributed by atoms with Gasteiger partial charge in [0.15, 0.2) is 0 Å². The number of carbonyl (C=O) groups is 1. The fourth-order valence-corrected chi connectivity index (χ4v) is 3.45. The minimum atomic E-state index is -0.751. The second-order valence-corrected chi connectivity index (χ2v) is 7.34. The number of hydrogen-bond donors (Lipinski definition) is 2. The zero-order chi connectivity index (χ0) is 18.0. The zero-order valence-corrected chi connectivity index (χ0v) is 14.5. The zero-order valence-electron chi connectivity index (χ0n) is 14.5. The first-order valence-corrected chi connectivity index (χ1v) is 8.85. The summed E-state index contributed by atoms with van der Waals surface area (Å²) in [5.74, 6) is -0.0623. The largest absolute Gasteiger partial charge is 0.480 e. The molecule has 7 heteroatoms. The maximum Gasteiger partial charge on any atom is 0.317 e. The Morgan fingerprint density at radius 1 is 1.40 bits per heavy atom. The van der Waals surface area contributed by atoms with E-state index >= 15 is 0 Å². The summed E-state index contributed by atoms with van der Waals surface area (Å²) in [6.45, 7) is 3.61. The van der Waals surface area contributed by atoms with Crippen LogP contribution in [0, 0.1) is 23.0 Å². The monoisotopic (exact) mass is 347 g/mol. The Labute approximate surface area is 147 Å². The first-order valence-electron chi connectivity index (χ1n) is 8.85. The number of benzene rings is 1. The van der Waals surface area contributed by atoms with Crippen molar-refractivity contribution in [2.24, 2.45) is 5.92 Å². The summed E-state index contributed by atoms with van der Waals surface area (Å²) in [6.07, 6.45) is 4.38. The molecule has 3 rings (SSSR count). The van der Waals surface area contributed by atoms with Crippen LogP contribution in [0.3, 0.4) is 0 Å². The molecule has 2 fully saturated rings. The van der Waals surface area contributed by atoms with Gasteiger partial charge in [0, 0.05) is 37.3 Å². The number of nitrogens with zero attached hydrogens (tertiary/aromatic N) is 2. The van der Waals surface area contributed by atoms with E-state index in [-0.39, 0.29) is 17.2 Å². The van der Waals surface area contributed by atoms with Gasteiger partial charge in [-0.1, -0.05) is 6.07 Å². The number of nitro groups is 1. The Kier molecular flexibility index (Phi) is 5.34. The summed E-state index contributed by atoms with van der Waals surface area (Å²) >= 11 is 0. The molecule has 2 saturated carbocycles. The molecule has 1 aromatic rings. The molecule has 7 nitrogen and oxygen atoms in total. The number of rotatable bonds is 9. The van der Waals surface area contributed by atoms with Crippen LogP contribution in [0.25, 0.3) is 0 Å². The van der Waals surface area contributed by atoms with Crippen LogP contribution in [0.4, 0.5) is 5.69 Å². The summed E-state index contributed by atoms with van der Waals surface area (Å²) in [5, 5.41) is 23.4. The highest BCUT2D eigenvalue weighted by Gasteiger charge is 2.36. The molecular formula is C18H25N3O4. The van der Waals surface area contributed by atoms with E-state index in [2.05, 4.69) is 10.2 Å². The minimum absolute atomic E-state index is 0.120. The van der Waals surface area contributed by atoms with Crippen LogP contribution >= 0.6 is 0 Å². The van der Waals surface area contributed by atoms with E-state index in [1.165, 1.54) is 18.9 Å². The highest BCUT2D eigenvalue weighted by molar-refractivity contribution is 5.69. The van der Waals surface area contributed by atoms with Gasteiger partial charge in [-0.3, -0.25) is 19.8 Å². The molecule has 136 valence electrons.